The van der Waals surface area contributed by atoms with Gasteiger partial charge < -0.3 is 26.5 Å². The number of rotatable bonds is 8. The average molecular weight is 282 g/mol. The van der Waals surface area contributed by atoms with Crippen LogP contribution in [-0.4, -0.2) is 34.7 Å². The summed E-state index contributed by atoms with van der Waals surface area (Å²) in [6.45, 7) is 1.22. The molecule has 0 saturated carbocycles. The predicted octanol–water partition coefficient (Wildman–Crippen LogP) is -0.874. The number of aryl methyl sites for hydroxylation is 1. The van der Waals surface area contributed by atoms with Gasteiger partial charge in [-0.3, -0.25) is 9.59 Å². The number of carbonyl (C=O) groups is 1. The van der Waals surface area contributed by atoms with Crippen molar-refractivity contribution in [3.63, 3.8) is 0 Å². The van der Waals surface area contributed by atoms with E-state index in [1.54, 1.807) is 6.07 Å². The highest BCUT2D eigenvalue weighted by atomic mass is 16.3. The van der Waals surface area contributed by atoms with Crippen molar-refractivity contribution in [2.45, 2.75) is 31.8 Å². The summed E-state index contributed by atoms with van der Waals surface area (Å²) >= 11 is 0. The Labute approximate surface area is 117 Å². The number of hydrogen-bond acceptors (Lipinski definition) is 5. The third-order valence-electron chi connectivity index (χ3n) is 2.96. The number of aromatic hydroxyl groups is 1. The van der Waals surface area contributed by atoms with Crippen molar-refractivity contribution in [2.24, 2.45) is 11.5 Å². The van der Waals surface area contributed by atoms with Crippen LogP contribution < -0.4 is 22.3 Å². The van der Waals surface area contributed by atoms with Crippen LogP contribution in [0, 0.1) is 0 Å². The van der Waals surface area contributed by atoms with E-state index in [0.29, 0.717) is 13.1 Å². The molecule has 1 unspecified atom stereocenters. The number of hydrogen-bond donors (Lipinski definition) is 4. The molecule has 20 heavy (non-hydrogen) atoms. The number of pyridine rings is 1. The van der Waals surface area contributed by atoms with Crippen molar-refractivity contribution in [1.82, 2.24) is 9.88 Å². The second-order valence-electron chi connectivity index (χ2n) is 4.63. The highest BCUT2D eigenvalue weighted by molar-refractivity contribution is 5.75. The van der Waals surface area contributed by atoms with Crippen LogP contribution in [0.15, 0.2) is 23.1 Å². The van der Waals surface area contributed by atoms with Crippen molar-refractivity contribution in [1.29, 1.82) is 0 Å². The molecule has 0 aromatic carbocycles. The minimum atomic E-state index is -0.491. The average Bonchev–Trinajstić information content (AvgIpc) is 2.44. The second kappa shape index (κ2) is 8.34. The number of aromatic nitrogens is 1. The lowest BCUT2D eigenvalue weighted by atomic mass is 10.2. The number of nitrogens with zero attached hydrogens (tertiary/aromatic N) is 1. The third kappa shape index (κ3) is 5.41. The Morgan fingerprint density at radius 1 is 1.50 bits per heavy atom. The van der Waals surface area contributed by atoms with Gasteiger partial charge in [0.1, 0.15) is 0 Å². The third-order valence-corrected chi connectivity index (χ3v) is 2.96. The normalized spacial score (nSPS) is 12.1. The van der Waals surface area contributed by atoms with Crippen molar-refractivity contribution in [3.8, 4) is 5.75 Å². The molecular formula is C13H22N4O3. The first-order valence-corrected chi connectivity index (χ1v) is 6.65. The van der Waals surface area contributed by atoms with Crippen LogP contribution in [0.5, 0.6) is 5.75 Å². The van der Waals surface area contributed by atoms with Gasteiger partial charge in [0, 0.05) is 38.3 Å². The molecule has 0 fully saturated rings. The van der Waals surface area contributed by atoms with Crippen molar-refractivity contribution >= 4 is 5.91 Å². The van der Waals surface area contributed by atoms with Crippen LogP contribution in [0.25, 0.3) is 0 Å². The first-order chi connectivity index (χ1) is 9.54. The summed E-state index contributed by atoms with van der Waals surface area (Å²) in [7, 11) is 0. The smallest absolute Gasteiger partial charge is 0.292 e. The fourth-order valence-corrected chi connectivity index (χ4v) is 1.72. The molecular weight excluding hydrogens is 260 g/mol. The second-order valence-corrected chi connectivity index (χ2v) is 4.63. The molecule has 0 spiro atoms. The van der Waals surface area contributed by atoms with E-state index in [0.717, 1.165) is 12.8 Å². The Morgan fingerprint density at radius 3 is 2.95 bits per heavy atom. The Bertz CT molecular complexity index is 487. The lowest BCUT2D eigenvalue weighted by Crippen LogP contribution is -2.32. The number of nitrogens with one attached hydrogen (secondary N) is 1. The maximum atomic E-state index is 11.6. The molecule has 0 saturated heterocycles. The molecule has 1 amide bonds. The first kappa shape index (κ1) is 16.2. The zero-order chi connectivity index (χ0) is 15.0. The molecule has 7 heteroatoms. The van der Waals surface area contributed by atoms with E-state index >= 15 is 0 Å². The number of nitrogens with two attached hydrogens (primary N) is 2. The molecule has 1 rings (SSSR count). The summed E-state index contributed by atoms with van der Waals surface area (Å²) in [5.41, 5.74) is 10.6. The van der Waals surface area contributed by atoms with E-state index in [1.807, 2.05) is 0 Å². The summed E-state index contributed by atoms with van der Waals surface area (Å²) < 4.78 is 1.30. The SMILES string of the molecule is NCC(N)CCCNC(=O)CCn1cccc(O)c1=O. The maximum absolute atomic E-state index is 11.6. The van der Waals surface area contributed by atoms with Gasteiger partial charge in [-0.2, -0.15) is 0 Å². The Kier molecular flexibility index (Phi) is 6.75. The summed E-state index contributed by atoms with van der Waals surface area (Å²) in [4.78, 5) is 23.1. The van der Waals surface area contributed by atoms with Crippen LogP contribution in [0.4, 0.5) is 0 Å². The number of amides is 1. The molecule has 1 aromatic rings. The van der Waals surface area contributed by atoms with Gasteiger partial charge in [0.2, 0.25) is 5.91 Å². The Hall–Kier alpha value is -1.86. The van der Waals surface area contributed by atoms with Crippen LogP contribution in [-0.2, 0) is 11.3 Å². The van der Waals surface area contributed by atoms with Crippen LogP contribution in [0.1, 0.15) is 19.3 Å². The molecule has 1 aromatic heterocycles. The fraction of sp³-hybridized carbons (Fsp3) is 0.538. The zero-order valence-electron chi connectivity index (χ0n) is 11.4. The van der Waals surface area contributed by atoms with E-state index in [4.69, 9.17) is 11.5 Å². The molecule has 0 aliphatic rings. The largest absolute Gasteiger partial charge is 0.503 e. The molecule has 0 aliphatic heterocycles. The van der Waals surface area contributed by atoms with Crippen LogP contribution >= 0.6 is 0 Å². The van der Waals surface area contributed by atoms with Crippen molar-refractivity contribution in [2.75, 3.05) is 13.1 Å². The predicted molar refractivity (Wildman–Crippen MR) is 76.3 cm³/mol. The van der Waals surface area contributed by atoms with Gasteiger partial charge >= 0.3 is 0 Å². The quantitative estimate of drug-likeness (QED) is 0.461. The highest BCUT2D eigenvalue weighted by Crippen LogP contribution is 1.98. The first-order valence-electron chi connectivity index (χ1n) is 6.65. The minimum absolute atomic E-state index is 0.0298. The molecule has 6 N–H and O–H groups in total. The van der Waals surface area contributed by atoms with Gasteiger partial charge in [0.05, 0.1) is 0 Å². The van der Waals surface area contributed by atoms with Crippen molar-refractivity contribution in [3.05, 3.63) is 28.7 Å². The summed E-state index contributed by atoms with van der Waals surface area (Å²) in [5, 5.41) is 12.0. The summed E-state index contributed by atoms with van der Waals surface area (Å²) in [5.74, 6) is -0.453. The highest BCUT2D eigenvalue weighted by Gasteiger charge is 2.05. The van der Waals surface area contributed by atoms with E-state index in [9.17, 15) is 14.7 Å². The zero-order valence-corrected chi connectivity index (χ0v) is 11.4. The summed E-state index contributed by atoms with van der Waals surface area (Å²) in [6, 6.07) is 2.85. The van der Waals surface area contributed by atoms with Gasteiger partial charge in [-0.1, -0.05) is 0 Å². The van der Waals surface area contributed by atoms with E-state index in [2.05, 4.69) is 5.32 Å². The minimum Gasteiger partial charge on any atom is -0.503 e. The Balaban J connectivity index is 2.26. The monoisotopic (exact) mass is 282 g/mol. The molecule has 7 nitrogen and oxygen atoms in total. The standard InChI is InChI=1S/C13H22N4O3/c14-9-10(15)3-1-6-16-12(19)5-8-17-7-2-4-11(18)13(17)20/h2,4,7,10,18H,1,3,5-6,8-9,14-15H2,(H,16,19). The maximum Gasteiger partial charge on any atom is 0.292 e. The molecule has 0 radical (unpaired) electrons. The topological polar surface area (TPSA) is 123 Å². The molecule has 112 valence electrons. The lowest BCUT2D eigenvalue weighted by Gasteiger charge is -2.09. The van der Waals surface area contributed by atoms with E-state index < -0.39 is 5.56 Å². The van der Waals surface area contributed by atoms with Gasteiger partial charge in [-0.05, 0) is 25.0 Å². The number of carbonyl (C=O) groups excluding carboxylic acids is 1. The molecule has 1 heterocycles. The van der Waals surface area contributed by atoms with Gasteiger partial charge in [-0.25, -0.2) is 0 Å². The van der Waals surface area contributed by atoms with E-state index in [-0.39, 0.29) is 30.7 Å². The lowest BCUT2D eigenvalue weighted by molar-refractivity contribution is -0.121. The molecule has 1 atom stereocenters. The molecule has 0 aliphatic carbocycles. The van der Waals surface area contributed by atoms with Gasteiger partial charge in [0.25, 0.3) is 5.56 Å². The van der Waals surface area contributed by atoms with Gasteiger partial charge in [-0.15, -0.1) is 0 Å². The Morgan fingerprint density at radius 2 is 2.25 bits per heavy atom. The van der Waals surface area contributed by atoms with E-state index in [1.165, 1.54) is 16.8 Å². The fourth-order valence-electron chi connectivity index (χ4n) is 1.72. The van der Waals surface area contributed by atoms with Crippen LogP contribution in [0.3, 0.4) is 0 Å². The van der Waals surface area contributed by atoms with Gasteiger partial charge in [0.15, 0.2) is 5.75 Å². The molecule has 0 bridgehead atoms. The van der Waals surface area contributed by atoms with Crippen LogP contribution in [0.2, 0.25) is 0 Å². The van der Waals surface area contributed by atoms with Crippen molar-refractivity contribution < 1.29 is 9.90 Å². The summed E-state index contributed by atoms with van der Waals surface area (Å²) in [6.07, 6.45) is 3.26.